The van der Waals surface area contributed by atoms with Crippen LogP contribution in [-0.4, -0.2) is 27.1 Å². The Labute approximate surface area is 87.6 Å². The zero-order chi connectivity index (χ0) is 10.8. The normalized spacial score (nSPS) is 23.5. The van der Waals surface area contributed by atoms with Gasteiger partial charge in [0.2, 0.25) is 5.95 Å². The fraction of sp³-hybridized carbons (Fsp3) is 0.500. The monoisotopic (exact) mass is 207 g/mol. The van der Waals surface area contributed by atoms with Crippen LogP contribution in [-0.2, 0) is 0 Å². The molecule has 1 fully saturated rings. The van der Waals surface area contributed by atoms with Crippen molar-refractivity contribution in [3.05, 3.63) is 18.0 Å². The molecular formula is C10H13N3O2. The fourth-order valence-corrected chi connectivity index (χ4v) is 1.59. The number of carboxylic acid groups (broad SMARTS) is 1. The van der Waals surface area contributed by atoms with E-state index in [1.54, 1.807) is 0 Å². The van der Waals surface area contributed by atoms with Crippen molar-refractivity contribution in [2.75, 3.05) is 5.32 Å². The molecule has 1 aliphatic carbocycles. The maximum absolute atomic E-state index is 10.7. The maximum atomic E-state index is 10.7. The van der Waals surface area contributed by atoms with E-state index >= 15 is 0 Å². The third-order valence-electron chi connectivity index (χ3n) is 2.64. The molecule has 1 saturated carbocycles. The van der Waals surface area contributed by atoms with Gasteiger partial charge in [0.05, 0.1) is 0 Å². The minimum absolute atomic E-state index is 0.0289. The largest absolute Gasteiger partial charge is 0.477 e. The summed E-state index contributed by atoms with van der Waals surface area (Å²) in [6, 6.07) is 1.80. The van der Waals surface area contributed by atoms with E-state index in [1.165, 1.54) is 12.3 Å². The van der Waals surface area contributed by atoms with E-state index in [4.69, 9.17) is 5.11 Å². The second-order valence-electron chi connectivity index (χ2n) is 3.73. The molecule has 2 atom stereocenters. The van der Waals surface area contributed by atoms with Gasteiger partial charge >= 0.3 is 5.97 Å². The van der Waals surface area contributed by atoms with Crippen LogP contribution in [0.1, 0.15) is 30.3 Å². The second kappa shape index (κ2) is 3.84. The molecule has 0 aromatic carbocycles. The first kappa shape index (κ1) is 9.89. The lowest BCUT2D eigenvalue weighted by molar-refractivity contribution is 0.0690. The van der Waals surface area contributed by atoms with Crippen molar-refractivity contribution in [1.82, 2.24) is 9.97 Å². The summed E-state index contributed by atoms with van der Waals surface area (Å²) >= 11 is 0. The van der Waals surface area contributed by atoms with Crippen molar-refractivity contribution >= 4 is 11.9 Å². The fourth-order valence-electron chi connectivity index (χ4n) is 1.59. The Morgan fingerprint density at radius 3 is 3.13 bits per heavy atom. The summed E-state index contributed by atoms with van der Waals surface area (Å²) in [7, 11) is 0. The van der Waals surface area contributed by atoms with Gasteiger partial charge in [-0.05, 0) is 18.4 Å². The molecule has 1 heterocycles. The van der Waals surface area contributed by atoms with E-state index in [0.29, 0.717) is 17.9 Å². The molecular weight excluding hydrogens is 194 g/mol. The van der Waals surface area contributed by atoms with Gasteiger partial charge in [0, 0.05) is 12.2 Å². The van der Waals surface area contributed by atoms with Gasteiger partial charge < -0.3 is 10.4 Å². The number of carbonyl (C=O) groups is 1. The van der Waals surface area contributed by atoms with Crippen LogP contribution in [0.2, 0.25) is 0 Å². The molecule has 0 amide bonds. The molecule has 0 spiro atoms. The SMILES string of the molecule is CCC1CC1Nc1nccc(C(=O)O)n1. The number of hydrogen-bond acceptors (Lipinski definition) is 4. The predicted molar refractivity (Wildman–Crippen MR) is 54.8 cm³/mol. The van der Waals surface area contributed by atoms with Crippen LogP contribution in [0, 0.1) is 5.92 Å². The maximum Gasteiger partial charge on any atom is 0.354 e. The van der Waals surface area contributed by atoms with E-state index < -0.39 is 5.97 Å². The van der Waals surface area contributed by atoms with Crippen LogP contribution in [0.4, 0.5) is 5.95 Å². The van der Waals surface area contributed by atoms with Crippen molar-refractivity contribution < 1.29 is 9.90 Å². The van der Waals surface area contributed by atoms with Gasteiger partial charge in [-0.2, -0.15) is 0 Å². The number of carboxylic acids is 1. The van der Waals surface area contributed by atoms with Gasteiger partial charge in [0.25, 0.3) is 0 Å². The third-order valence-corrected chi connectivity index (χ3v) is 2.64. The number of aromatic nitrogens is 2. The highest BCUT2D eigenvalue weighted by Crippen LogP contribution is 2.35. The highest BCUT2D eigenvalue weighted by atomic mass is 16.4. The van der Waals surface area contributed by atoms with Crippen LogP contribution in [0.3, 0.4) is 0 Å². The molecule has 2 rings (SSSR count). The zero-order valence-corrected chi connectivity index (χ0v) is 8.47. The predicted octanol–water partition coefficient (Wildman–Crippen LogP) is 1.39. The van der Waals surface area contributed by atoms with Crippen molar-refractivity contribution in [2.45, 2.75) is 25.8 Å². The highest BCUT2D eigenvalue weighted by Gasteiger charge is 2.35. The highest BCUT2D eigenvalue weighted by molar-refractivity contribution is 5.85. The van der Waals surface area contributed by atoms with Gasteiger partial charge in [-0.25, -0.2) is 14.8 Å². The van der Waals surface area contributed by atoms with Crippen molar-refractivity contribution in [3.8, 4) is 0 Å². The Bertz CT molecular complexity index is 381. The minimum Gasteiger partial charge on any atom is -0.477 e. The molecule has 1 aromatic rings. The first-order chi connectivity index (χ1) is 7.20. The lowest BCUT2D eigenvalue weighted by atomic mass is 10.3. The van der Waals surface area contributed by atoms with Crippen molar-refractivity contribution in [1.29, 1.82) is 0 Å². The molecule has 15 heavy (non-hydrogen) atoms. The molecule has 0 aliphatic heterocycles. The number of rotatable bonds is 4. The average molecular weight is 207 g/mol. The van der Waals surface area contributed by atoms with Crippen LogP contribution >= 0.6 is 0 Å². The summed E-state index contributed by atoms with van der Waals surface area (Å²) in [5.74, 6) is 0.0706. The minimum atomic E-state index is -1.02. The average Bonchev–Trinajstić information content (AvgIpc) is 2.97. The number of hydrogen-bond donors (Lipinski definition) is 2. The summed E-state index contributed by atoms with van der Waals surface area (Å²) in [6.45, 7) is 2.14. The molecule has 2 N–H and O–H groups in total. The van der Waals surface area contributed by atoms with Crippen LogP contribution in [0.15, 0.2) is 12.3 Å². The third kappa shape index (κ3) is 2.23. The standard InChI is InChI=1S/C10H13N3O2/c1-2-6-5-8(6)13-10-11-4-3-7(12-10)9(14)15/h3-4,6,8H,2,5H2,1H3,(H,14,15)(H,11,12,13). The van der Waals surface area contributed by atoms with E-state index in [0.717, 1.165) is 12.8 Å². The number of nitrogens with zero attached hydrogens (tertiary/aromatic N) is 2. The van der Waals surface area contributed by atoms with Crippen molar-refractivity contribution in [3.63, 3.8) is 0 Å². The van der Waals surface area contributed by atoms with Gasteiger partial charge in [-0.3, -0.25) is 0 Å². The molecule has 5 nitrogen and oxygen atoms in total. The Kier molecular flexibility index (Phi) is 2.53. The molecule has 80 valence electrons. The van der Waals surface area contributed by atoms with E-state index in [9.17, 15) is 4.79 Å². The summed E-state index contributed by atoms with van der Waals surface area (Å²) in [4.78, 5) is 18.5. The van der Waals surface area contributed by atoms with Crippen LogP contribution < -0.4 is 5.32 Å². The summed E-state index contributed by atoms with van der Waals surface area (Å²) in [5.41, 5.74) is 0.0289. The molecule has 1 aliphatic rings. The Morgan fingerprint density at radius 1 is 1.73 bits per heavy atom. The first-order valence-electron chi connectivity index (χ1n) is 5.03. The van der Waals surface area contributed by atoms with Crippen LogP contribution in [0.5, 0.6) is 0 Å². The molecule has 2 unspecified atom stereocenters. The Morgan fingerprint density at radius 2 is 2.53 bits per heavy atom. The summed E-state index contributed by atoms with van der Waals surface area (Å²) in [5, 5.41) is 11.9. The van der Waals surface area contributed by atoms with Gasteiger partial charge in [0.1, 0.15) is 0 Å². The smallest absolute Gasteiger partial charge is 0.354 e. The number of anilines is 1. The van der Waals surface area contributed by atoms with Gasteiger partial charge in [-0.15, -0.1) is 0 Å². The molecule has 0 saturated heterocycles. The first-order valence-corrected chi connectivity index (χ1v) is 5.03. The van der Waals surface area contributed by atoms with E-state index in [2.05, 4.69) is 22.2 Å². The topological polar surface area (TPSA) is 75.1 Å². The molecule has 0 radical (unpaired) electrons. The summed E-state index contributed by atoms with van der Waals surface area (Å²) in [6.07, 6.45) is 3.72. The number of aromatic carboxylic acids is 1. The lowest BCUT2D eigenvalue weighted by Crippen LogP contribution is -2.10. The zero-order valence-electron chi connectivity index (χ0n) is 8.47. The molecule has 5 heteroatoms. The second-order valence-corrected chi connectivity index (χ2v) is 3.73. The quantitative estimate of drug-likeness (QED) is 0.780. The van der Waals surface area contributed by atoms with E-state index in [-0.39, 0.29) is 5.69 Å². The molecule has 1 aromatic heterocycles. The summed E-state index contributed by atoms with van der Waals surface area (Å²) < 4.78 is 0. The number of nitrogens with one attached hydrogen (secondary N) is 1. The Balaban J connectivity index is 2.03. The van der Waals surface area contributed by atoms with Crippen molar-refractivity contribution in [2.24, 2.45) is 5.92 Å². The lowest BCUT2D eigenvalue weighted by Gasteiger charge is -2.03. The Hall–Kier alpha value is -1.65. The van der Waals surface area contributed by atoms with Gasteiger partial charge in [-0.1, -0.05) is 13.3 Å². The molecule has 0 bridgehead atoms. The van der Waals surface area contributed by atoms with Crippen LogP contribution in [0.25, 0.3) is 0 Å². The van der Waals surface area contributed by atoms with E-state index in [1.807, 2.05) is 0 Å². The van der Waals surface area contributed by atoms with Gasteiger partial charge in [0.15, 0.2) is 5.69 Å².